The van der Waals surface area contributed by atoms with Crippen molar-refractivity contribution in [3.05, 3.63) is 188 Å². The summed E-state index contributed by atoms with van der Waals surface area (Å²) in [4.78, 5) is 15.5. The Morgan fingerprint density at radius 3 is 1.65 bits per heavy atom. The van der Waals surface area contributed by atoms with Crippen LogP contribution in [0.15, 0.2) is 192 Å². The fourth-order valence-electron chi connectivity index (χ4n) is 8.60. The number of nitrogens with zero attached hydrogens (tertiary/aromatic N) is 5. The summed E-state index contributed by atoms with van der Waals surface area (Å²) in [5.41, 5.74) is 11.0. The zero-order valence-corrected chi connectivity index (χ0v) is 30.5. The van der Waals surface area contributed by atoms with E-state index in [1.54, 1.807) is 0 Å². The Balaban J connectivity index is 1.05. The van der Waals surface area contributed by atoms with E-state index in [9.17, 15) is 0 Å². The largest absolute Gasteiger partial charge is 0.455 e. The normalized spacial score (nSPS) is 11.9. The van der Waals surface area contributed by atoms with E-state index >= 15 is 0 Å². The highest BCUT2D eigenvalue weighted by Gasteiger charge is 2.21. The molecule has 0 atom stereocenters. The summed E-state index contributed by atoms with van der Waals surface area (Å²) < 4.78 is 11.4. The van der Waals surface area contributed by atoms with Gasteiger partial charge in [-0.05, 0) is 59.7 Å². The predicted octanol–water partition coefficient (Wildman–Crippen LogP) is 13.0. The summed E-state index contributed by atoms with van der Waals surface area (Å²) in [6.45, 7) is 0. The summed E-state index contributed by atoms with van der Waals surface area (Å²) >= 11 is 0. The van der Waals surface area contributed by atoms with Crippen molar-refractivity contribution >= 4 is 65.6 Å². The van der Waals surface area contributed by atoms with Crippen molar-refractivity contribution in [3.8, 4) is 45.5 Å². The highest BCUT2D eigenvalue weighted by atomic mass is 16.3. The molecule has 12 aromatic rings. The van der Waals surface area contributed by atoms with Crippen LogP contribution in [0.25, 0.3) is 111 Å². The van der Waals surface area contributed by atoms with Gasteiger partial charge in [-0.25, -0.2) is 4.98 Å². The molecular weight excluding hydrogens is 699 g/mol. The molecule has 0 unspecified atom stereocenters. The zero-order chi connectivity index (χ0) is 37.5. The Labute approximate surface area is 326 Å². The molecule has 57 heavy (non-hydrogen) atoms. The quantitative estimate of drug-likeness (QED) is 0.177. The molecule has 4 aromatic heterocycles. The number of fused-ring (bicyclic) bond motifs is 9. The van der Waals surface area contributed by atoms with Gasteiger partial charge in [0.2, 0.25) is 5.95 Å². The average molecular weight is 730 g/mol. The molecule has 0 saturated heterocycles. The molecule has 6 heteroatoms. The topological polar surface area (TPSA) is 61.7 Å². The van der Waals surface area contributed by atoms with E-state index in [4.69, 9.17) is 19.4 Å². The fraction of sp³-hybridized carbons (Fsp3) is 0. The van der Waals surface area contributed by atoms with E-state index in [1.165, 1.54) is 21.9 Å². The summed E-state index contributed by atoms with van der Waals surface area (Å²) in [7, 11) is 0. The number of aromatic nitrogens is 5. The highest BCUT2D eigenvalue weighted by Crippen LogP contribution is 2.40. The van der Waals surface area contributed by atoms with Crippen molar-refractivity contribution in [2.75, 3.05) is 0 Å². The molecule has 0 spiro atoms. The number of benzene rings is 8. The molecule has 0 aliphatic heterocycles. The zero-order valence-electron chi connectivity index (χ0n) is 30.5. The van der Waals surface area contributed by atoms with Crippen LogP contribution in [0, 0.1) is 0 Å². The van der Waals surface area contributed by atoms with Gasteiger partial charge >= 0.3 is 0 Å². The van der Waals surface area contributed by atoms with E-state index in [-0.39, 0.29) is 0 Å². The first-order valence-corrected chi connectivity index (χ1v) is 19.1. The van der Waals surface area contributed by atoms with Crippen molar-refractivity contribution in [2.45, 2.75) is 0 Å². The van der Waals surface area contributed by atoms with E-state index in [0.29, 0.717) is 17.6 Å². The molecule has 0 fully saturated rings. The van der Waals surface area contributed by atoms with Gasteiger partial charge in [0.15, 0.2) is 11.6 Å². The minimum Gasteiger partial charge on any atom is -0.455 e. The number of para-hydroxylation sites is 4. The molecule has 12 rings (SSSR count). The summed E-state index contributed by atoms with van der Waals surface area (Å²) in [6.07, 6.45) is 0. The van der Waals surface area contributed by atoms with Crippen LogP contribution in [0.4, 0.5) is 0 Å². The van der Waals surface area contributed by atoms with Gasteiger partial charge in [0.05, 0.1) is 27.6 Å². The number of furan rings is 1. The monoisotopic (exact) mass is 729 g/mol. The van der Waals surface area contributed by atoms with Crippen LogP contribution in [0.5, 0.6) is 0 Å². The summed E-state index contributed by atoms with van der Waals surface area (Å²) in [5, 5.41) is 6.74. The maximum atomic E-state index is 6.87. The molecule has 0 N–H and O–H groups in total. The smallest absolute Gasteiger partial charge is 0.238 e. The molecule has 0 saturated carbocycles. The van der Waals surface area contributed by atoms with Gasteiger partial charge in [0.25, 0.3) is 0 Å². The number of hydrogen-bond donors (Lipinski definition) is 0. The number of hydrogen-bond acceptors (Lipinski definition) is 4. The van der Waals surface area contributed by atoms with E-state index in [1.807, 2.05) is 36.4 Å². The van der Waals surface area contributed by atoms with Gasteiger partial charge in [-0.15, -0.1) is 0 Å². The Morgan fingerprint density at radius 2 is 0.930 bits per heavy atom. The lowest BCUT2D eigenvalue weighted by atomic mass is 10.0. The van der Waals surface area contributed by atoms with Gasteiger partial charge in [0, 0.05) is 49.6 Å². The van der Waals surface area contributed by atoms with E-state index < -0.39 is 0 Å². The van der Waals surface area contributed by atoms with E-state index in [2.05, 4.69) is 161 Å². The first-order valence-electron chi connectivity index (χ1n) is 19.1. The second-order valence-corrected chi connectivity index (χ2v) is 14.4. The first kappa shape index (κ1) is 31.5. The minimum atomic E-state index is 0.544. The molecule has 0 bridgehead atoms. The van der Waals surface area contributed by atoms with E-state index in [0.717, 1.165) is 71.6 Å². The van der Waals surface area contributed by atoms with Crippen molar-refractivity contribution in [1.82, 2.24) is 24.1 Å². The second kappa shape index (κ2) is 12.3. The molecule has 6 nitrogen and oxygen atoms in total. The molecule has 0 radical (unpaired) electrons. The van der Waals surface area contributed by atoms with Crippen LogP contribution in [-0.4, -0.2) is 24.1 Å². The van der Waals surface area contributed by atoms with Gasteiger partial charge in [-0.1, -0.05) is 133 Å². The lowest BCUT2D eigenvalue weighted by Gasteiger charge is -2.11. The maximum Gasteiger partial charge on any atom is 0.238 e. The van der Waals surface area contributed by atoms with Crippen molar-refractivity contribution in [1.29, 1.82) is 0 Å². The molecular formula is C51H31N5O. The van der Waals surface area contributed by atoms with Crippen LogP contribution in [-0.2, 0) is 0 Å². The van der Waals surface area contributed by atoms with Crippen LogP contribution < -0.4 is 0 Å². The van der Waals surface area contributed by atoms with Gasteiger partial charge in [-0.2, -0.15) is 9.97 Å². The van der Waals surface area contributed by atoms with Crippen molar-refractivity contribution in [2.24, 2.45) is 0 Å². The lowest BCUT2D eigenvalue weighted by Crippen LogP contribution is -2.06. The van der Waals surface area contributed by atoms with Crippen LogP contribution in [0.3, 0.4) is 0 Å². The standard InChI is InChI=1S/C51H31N5O/c1-3-14-32(15-4-1)34-26-29-46-42(30-34)38-20-9-10-23-43(38)55(46)35-27-28-39-40-21-13-22-41(48(40)57-47(39)31-35)50-52-49(33-16-5-2-6-17-33)53-51(54-50)56-44-24-11-7-18-36(44)37-19-8-12-25-45(37)56/h1-31H. The predicted molar refractivity (Wildman–Crippen MR) is 232 cm³/mol. The third-order valence-corrected chi connectivity index (χ3v) is 11.2. The fourth-order valence-corrected chi connectivity index (χ4v) is 8.60. The van der Waals surface area contributed by atoms with Gasteiger partial charge in [-0.3, -0.25) is 4.57 Å². The Morgan fingerprint density at radius 1 is 0.351 bits per heavy atom. The number of rotatable bonds is 5. The van der Waals surface area contributed by atoms with Gasteiger partial charge in [0.1, 0.15) is 11.2 Å². The Hall–Kier alpha value is -7.83. The molecule has 4 heterocycles. The average Bonchev–Trinajstić information content (AvgIpc) is 3.94. The summed E-state index contributed by atoms with van der Waals surface area (Å²) in [6, 6.07) is 65.6. The third-order valence-electron chi connectivity index (χ3n) is 11.2. The highest BCUT2D eigenvalue weighted by molar-refractivity contribution is 6.13. The molecule has 8 aromatic carbocycles. The lowest BCUT2D eigenvalue weighted by molar-refractivity contribution is 0.669. The first-order chi connectivity index (χ1) is 28.3. The molecule has 0 amide bonds. The minimum absolute atomic E-state index is 0.544. The Kier molecular flexibility index (Phi) is 6.83. The molecule has 266 valence electrons. The maximum absolute atomic E-state index is 6.87. The summed E-state index contributed by atoms with van der Waals surface area (Å²) in [5.74, 6) is 1.69. The SMILES string of the molecule is c1ccc(-c2ccc3c(c2)c2ccccc2n3-c2ccc3c(c2)oc2c(-c4nc(-c5ccccc5)nc(-n5c6ccccc6c6ccccc65)n4)cccc23)cc1. The third kappa shape index (κ3) is 4.87. The second-order valence-electron chi connectivity index (χ2n) is 14.4. The van der Waals surface area contributed by atoms with Crippen molar-refractivity contribution in [3.63, 3.8) is 0 Å². The molecule has 0 aliphatic carbocycles. The van der Waals surface area contributed by atoms with Crippen LogP contribution >= 0.6 is 0 Å². The molecule has 0 aliphatic rings. The van der Waals surface area contributed by atoms with Gasteiger partial charge < -0.3 is 8.98 Å². The van der Waals surface area contributed by atoms with Crippen LogP contribution in [0.1, 0.15) is 0 Å². The van der Waals surface area contributed by atoms with Crippen molar-refractivity contribution < 1.29 is 4.42 Å². The Bertz CT molecular complexity index is 3470. The van der Waals surface area contributed by atoms with Crippen LogP contribution in [0.2, 0.25) is 0 Å².